The Morgan fingerprint density at radius 1 is 1.47 bits per heavy atom. The van der Waals surface area contributed by atoms with Gasteiger partial charge in [-0.1, -0.05) is 0 Å². The van der Waals surface area contributed by atoms with Crippen molar-refractivity contribution in [3.8, 4) is 0 Å². The summed E-state index contributed by atoms with van der Waals surface area (Å²) in [6, 6.07) is 1.94. The van der Waals surface area contributed by atoms with Gasteiger partial charge < -0.3 is 20.5 Å². The highest BCUT2D eigenvalue weighted by Gasteiger charge is 2.13. The molecular formula is C12H21N3O2. The van der Waals surface area contributed by atoms with Crippen LogP contribution in [0.1, 0.15) is 11.1 Å². The van der Waals surface area contributed by atoms with E-state index in [0.717, 1.165) is 16.9 Å². The van der Waals surface area contributed by atoms with Crippen molar-refractivity contribution in [3.05, 3.63) is 23.4 Å². The zero-order chi connectivity index (χ0) is 12.7. The quantitative estimate of drug-likeness (QED) is 0.716. The van der Waals surface area contributed by atoms with Crippen LogP contribution in [0.3, 0.4) is 0 Å². The molecule has 0 aliphatic carbocycles. The zero-order valence-corrected chi connectivity index (χ0v) is 10.5. The molecule has 0 aliphatic heterocycles. The Morgan fingerprint density at radius 2 is 2.24 bits per heavy atom. The molecule has 0 aliphatic rings. The van der Waals surface area contributed by atoms with Gasteiger partial charge in [-0.05, 0) is 18.6 Å². The van der Waals surface area contributed by atoms with E-state index < -0.39 is 0 Å². The lowest BCUT2D eigenvalue weighted by Gasteiger charge is -2.25. The summed E-state index contributed by atoms with van der Waals surface area (Å²) in [4.78, 5) is 6.36. The molecule has 1 heterocycles. The molecule has 0 spiro atoms. The van der Waals surface area contributed by atoms with Gasteiger partial charge in [-0.15, -0.1) is 0 Å². The molecular weight excluding hydrogens is 218 g/mol. The van der Waals surface area contributed by atoms with Crippen LogP contribution >= 0.6 is 0 Å². The highest BCUT2D eigenvalue weighted by molar-refractivity contribution is 5.50. The molecule has 5 nitrogen and oxygen atoms in total. The first kappa shape index (κ1) is 13.9. The maximum absolute atomic E-state index is 9.09. The molecule has 0 saturated heterocycles. The molecule has 1 aromatic heterocycles. The topological polar surface area (TPSA) is 71.6 Å². The lowest BCUT2D eigenvalue weighted by atomic mass is 10.1. The number of aryl methyl sites for hydroxylation is 1. The molecule has 0 amide bonds. The number of aliphatic hydroxyl groups excluding tert-OH is 1. The molecule has 0 bridgehead atoms. The first-order valence-corrected chi connectivity index (χ1v) is 5.73. The van der Waals surface area contributed by atoms with Crippen LogP contribution in [0.2, 0.25) is 0 Å². The van der Waals surface area contributed by atoms with E-state index >= 15 is 0 Å². The maximum atomic E-state index is 9.09. The van der Waals surface area contributed by atoms with Crippen LogP contribution in [-0.4, -0.2) is 43.5 Å². The number of nitrogens with zero attached hydrogens (tertiary/aromatic N) is 2. The Bertz CT molecular complexity index is 345. The predicted molar refractivity (Wildman–Crippen MR) is 68.0 cm³/mol. The van der Waals surface area contributed by atoms with Crippen LogP contribution in [0.25, 0.3) is 0 Å². The van der Waals surface area contributed by atoms with E-state index in [4.69, 9.17) is 15.6 Å². The van der Waals surface area contributed by atoms with E-state index in [1.807, 2.05) is 17.9 Å². The van der Waals surface area contributed by atoms with Crippen molar-refractivity contribution in [1.82, 2.24) is 4.98 Å². The number of aliphatic hydroxyl groups is 1. The van der Waals surface area contributed by atoms with Crippen LogP contribution in [0.5, 0.6) is 0 Å². The summed E-state index contributed by atoms with van der Waals surface area (Å²) < 4.78 is 5.06. The molecule has 3 N–H and O–H groups in total. The molecule has 0 unspecified atom stereocenters. The number of hydrogen-bond acceptors (Lipinski definition) is 5. The summed E-state index contributed by atoms with van der Waals surface area (Å²) in [6.07, 6.45) is 1.76. The van der Waals surface area contributed by atoms with Gasteiger partial charge in [-0.25, -0.2) is 4.98 Å². The molecule has 0 radical (unpaired) electrons. The van der Waals surface area contributed by atoms with Gasteiger partial charge in [0.2, 0.25) is 0 Å². The second-order valence-corrected chi connectivity index (χ2v) is 3.84. The summed E-state index contributed by atoms with van der Waals surface area (Å²) in [5.41, 5.74) is 7.90. The largest absolute Gasteiger partial charge is 0.395 e. The minimum absolute atomic E-state index is 0.0867. The molecule has 17 heavy (non-hydrogen) atoms. The van der Waals surface area contributed by atoms with Crippen molar-refractivity contribution in [2.24, 2.45) is 5.73 Å². The highest BCUT2D eigenvalue weighted by Crippen LogP contribution is 2.19. The van der Waals surface area contributed by atoms with Crippen molar-refractivity contribution < 1.29 is 9.84 Å². The summed E-state index contributed by atoms with van der Waals surface area (Å²) in [5.74, 6) is 0.846. The standard InChI is InChI=1S/C12H21N3O2/c1-10-3-4-14-12(11(10)9-13)15(5-7-16)6-8-17-2/h3-4,16H,5-9,13H2,1-2H3. The number of aromatic nitrogens is 1. The Labute approximate surface area is 102 Å². The van der Waals surface area contributed by atoms with Crippen LogP contribution in [0.4, 0.5) is 5.82 Å². The zero-order valence-electron chi connectivity index (χ0n) is 10.5. The number of methoxy groups -OCH3 is 1. The van der Waals surface area contributed by atoms with Gasteiger partial charge in [0.25, 0.3) is 0 Å². The number of ether oxygens (including phenoxy) is 1. The van der Waals surface area contributed by atoms with Crippen molar-refractivity contribution in [2.75, 3.05) is 38.3 Å². The van der Waals surface area contributed by atoms with Gasteiger partial charge in [-0.2, -0.15) is 0 Å². The first-order chi connectivity index (χ1) is 8.24. The number of pyridine rings is 1. The monoisotopic (exact) mass is 239 g/mol. The van der Waals surface area contributed by atoms with Crippen molar-refractivity contribution >= 4 is 5.82 Å². The normalized spacial score (nSPS) is 10.6. The van der Waals surface area contributed by atoms with Gasteiger partial charge in [0.05, 0.1) is 13.2 Å². The third-order valence-corrected chi connectivity index (χ3v) is 2.71. The minimum atomic E-state index is 0.0867. The SMILES string of the molecule is COCCN(CCO)c1nccc(C)c1CN. The molecule has 0 atom stereocenters. The number of rotatable bonds is 7. The summed E-state index contributed by atoms with van der Waals surface area (Å²) in [5, 5.41) is 9.09. The minimum Gasteiger partial charge on any atom is -0.395 e. The Balaban J connectivity index is 2.95. The van der Waals surface area contributed by atoms with Gasteiger partial charge in [0.1, 0.15) is 5.82 Å². The van der Waals surface area contributed by atoms with E-state index in [1.165, 1.54) is 0 Å². The van der Waals surface area contributed by atoms with Crippen molar-refractivity contribution in [1.29, 1.82) is 0 Å². The van der Waals surface area contributed by atoms with E-state index in [0.29, 0.717) is 26.2 Å². The number of nitrogens with two attached hydrogens (primary N) is 1. The Hall–Kier alpha value is -1.17. The molecule has 0 aromatic carbocycles. The van der Waals surface area contributed by atoms with Crippen LogP contribution in [-0.2, 0) is 11.3 Å². The van der Waals surface area contributed by atoms with Gasteiger partial charge in [0, 0.05) is 38.5 Å². The fraction of sp³-hybridized carbons (Fsp3) is 0.583. The summed E-state index contributed by atoms with van der Waals surface area (Å²) in [7, 11) is 1.66. The van der Waals surface area contributed by atoms with Crippen LogP contribution in [0.15, 0.2) is 12.3 Å². The average Bonchev–Trinajstić information content (AvgIpc) is 2.34. The first-order valence-electron chi connectivity index (χ1n) is 5.73. The molecule has 1 rings (SSSR count). The van der Waals surface area contributed by atoms with Gasteiger partial charge in [0.15, 0.2) is 0 Å². The fourth-order valence-electron chi connectivity index (χ4n) is 1.75. The average molecular weight is 239 g/mol. The summed E-state index contributed by atoms with van der Waals surface area (Å²) >= 11 is 0. The van der Waals surface area contributed by atoms with E-state index in [9.17, 15) is 0 Å². The van der Waals surface area contributed by atoms with Crippen molar-refractivity contribution in [2.45, 2.75) is 13.5 Å². The summed E-state index contributed by atoms with van der Waals surface area (Å²) in [6.45, 7) is 4.38. The van der Waals surface area contributed by atoms with E-state index in [1.54, 1.807) is 13.3 Å². The second-order valence-electron chi connectivity index (χ2n) is 3.84. The molecule has 0 fully saturated rings. The van der Waals surface area contributed by atoms with Crippen LogP contribution in [0, 0.1) is 6.92 Å². The van der Waals surface area contributed by atoms with Crippen molar-refractivity contribution in [3.63, 3.8) is 0 Å². The smallest absolute Gasteiger partial charge is 0.133 e. The molecule has 5 heteroatoms. The van der Waals surface area contributed by atoms with Gasteiger partial charge in [-0.3, -0.25) is 0 Å². The molecule has 96 valence electrons. The lowest BCUT2D eigenvalue weighted by Crippen LogP contribution is -2.32. The van der Waals surface area contributed by atoms with E-state index in [2.05, 4.69) is 4.98 Å². The highest BCUT2D eigenvalue weighted by atomic mass is 16.5. The van der Waals surface area contributed by atoms with E-state index in [-0.39, 0.29) is 6.61 Å². The Morgan fingerprint density at radius 3 is 2.82 bits per heavy atom. The predicted octanol–water partition coefficient (Wildman–Crippen LogP) is 0.294. The van der Waals surface area contributed by atoms with Gasteiger partial charge >= 0.3 is 0 Å². The molecule has 1 aromatic rings. The third kappa shape index (κ3) is 3.66. The number of hydrogen-bond donors (Lipinski definition) is 2. The number of anilines is 1. The maximum Gasteiger partial charge on any atom is 0.133 e. The lowest BCUT2D eigenvalue weighted by molar-refractivity contribution is 0.202. The van der Waals surface area contributed by atoms with Crippen LogP contribution < -0.4 is 10.6 Å². The molecule has 0 saturated carbocycles. The third-order valence-electron chi connectivity index (χ3n) is 2.71. The fourth-order valence-corrected chi connectivity index (χ4v) is 1.75. The second kappa shape index (κ2) is 7.21. The Kier molecular flexibility index (Phi) is 5.90.